The fourth-order valence-electron chi connectivity index (χ4n) is 2.30. The summed E-state index contributed by atoms with van der Waals surface area (Å²) >= 11 is 3.56. The molecular formula is C17H21BrN4O. The summed E-state index contributed by atoms with van der Waals surface area (Å²) in [7, 11) is 0. The molecule has 0 amide bonds. The van der Waals surface area contributed by atoms with Crippen LogP contribution in [0.3, 0.4) is 0 Å². The van der Waals surface area contributed by atoms with Gasteiger partial charge in [-0.1, -0.05) is 34.1 Å². The summed E-state index contributed by atoms with van der Waals surface area (Å²) in [5, 5.41) is 15.7. The summed E-state index contributed by atoms with van der Waals surface area (Å²) in [5.41, 5.74) is 2.25. The number of benzene rings is 1. The van der Waals surface area contributed by atoms with Crippen LogP contribution in [0.25, 0.3) is 0 Å². The van der Waals surface area contributed by atoms with E-state index in [1.54, 1.807) is 0 Å². The highest BCUT2D eigenvalue weighted by Gasteiger charge is 2.26. The number of nitrogens with zero attached hydrogens (tertiary/aromatic N) is 2. The first kappa shape index (κ1) is 16.2. The normalized spacial score (nSPS) is 15.3. The van der Waals surface area contributed by atoms with Gasteiger partial charge in [-0.05, 0) is 31.4 Å². The quantitative estimate of drug-likeness (QED) is 0.689. The van der Waals surface area contributed by atoms with Gasteiger partial charge in [0.05, 0.1) is 12.3 Å². The third kappa shape index (κ3) is 4.42. The van der Waals surface area contributed by atoms with Crippen molar-refractivity contribution in [1.29, 1.82) is 0 Å². The Morgan fingerprint density at radius 3 is 2.78 bits per heavy atom. The van der Waals surface area contributed by atoms with Crippen LogP contribution in [-0.2, 0) is 6.54 Å². The van der Waals surface area contributed by atoms with E-state index in [2.05, 4.69) is 42.6 Å². The Hall–Kier alpha value is -1.66. The first-order chi connectivity index (χ1) is 11.2. The zero-order valence-corrected chi connectivity index (χ0v) is 14.7. The van der Waals surface area contributed by atoms with E-state index in [-0.39, 0.29) is 12.6 Å². The zero-order chi connectivity index (χ0) is 16.2. The highest BCUT2D eigenvalue weighted by Crippen LogP contribution is 2.40. The number of hydrogen-bond acceptors (Lipinski definition) is 5. The molecule has 1 aliphatic carbocycles. The first-order valence-corrected chi connectivity index (χ1v) is 8.68. The van der Waals surface area contributed by atoms with Gasteiger partial charge < -0.3 is 15.7 Å². The lowest BCUT2D eigenvalue weighted by Crippen LogP contribution is -2.21. The van der Waals surface area contributed by atoms with E-state index in [0.717, 1.165) is 16.0 Å². The van der Waals surface area contributed by atoms with Crippen molar-refractivity contribution >= 4 is 27.7 Å². The van der Waals surface area contributed by atoms with Crippen LogP contribution >= 0.6 is 15.9 Å². The number of rotatable bonds is 7. The topological polar surface area (TPSA) is 70.1 Å². The van der Waals surface area contributed by atoms with Gasteiger partial charge in [-0.3, -0.25) is 0 Å². The Morgan fingerprint density at radius 1 is 1.30 bits per heavy atom. The molecular weight excluding hydrogens is 356 g/mol. The van der Waals surface area contributed by atoms with Crippen molar-refractivity contribution in [2.45, 2.75) is 38.3 Å². The van der Waals surface area contributed by atoms with Crippen LogP contribution in [0.1, 0.15) is 36.9 Å². The monoisotopic (exact) mass is 376 g/mol. The van der Waals surface area contributed by atoms with E-state index in [4.69, 9.17) is 0 Å². The predicted octanol–water partition coefficient (Wildman–Crippen LogP) is 3.52. The van der Waals surface area contributed by atoms with Crippen LogP contribution in [0.5, 0.6) is 0 Å². The number of nitrogens with one attached hydrogen (secondary N) is 2. The molecule has 5 nitrogen and oxygen atoms in total. The van der Waals surface area contributed by atoms with Gasteiger partial charge in [-0.2, -0.15) is 4.98 Å². The standard InChI is InChI=1S/C17H21BrN4O/c1-11(10-23)20-17-21-15(12-6-7-12)8-16(22-17)19-9-13-4-2-3-5-14(13)18/h2-5,8,11-12,23H,6-7,9-10H2,1H3,(H2,19,20,21,22)/t11-/m0/s1. The molecule has 1 heterocycles. The van der Waals surface area contributed by atoms with Crippen molar-refractivity contribution in [3.05, 3.63) is 46.1 Å². The molecule has 0 unspecified atom stereocenters. The Morgan fingerprint density at radius 2 is 2.09 bits per heavy atom. The lowest BCUT2D eigenvalue weighted by atomic mass is 10.2. The van der Waals surface area contributed by atoms with Crippen LogP contribution in [0.4, 0.5) is 11.8 Å². The van der Waals surface area contributed by atoms with Crippen LogP contribution in [0.2, 0.25) is 0 Å². The van der Waals surface area contributed by atoms with Crippen molar-refractivity contribution in [2.24, 2.45) is 0 Å². The maximum atomic E-state index is 9.20. The summed E-state index contributed by atoms with van der Waals surface area (Å²) in [6.45, 7) is 2.65. The van der Waals surface area contributed by atoms with Gasteiger partial charge in [-0.15, -0.1) is 0 Å². The minimum Gasteiger partial charge on any atom is -0.394 e. The highest BCUT2D eigenvalue weighted by molar-refractivity contribution is 9.10. The molecule has 1 aliphatic rings. The molecule has 2 aromatic rings. The molecule has 1 fully saturated rings. The molecule has 1 saturated carbocycles. The summed E-state index contributed by atoms with van der Waals surface area (Å²) in [5.74, 6) is 1.93. The second-order valence-corrected chi connectivity index (χ2v) is 6.80. The fourth-order valence-corrected chi connectivity index (χ4v) is 2.73. The van der Waals surface area contributed by atoms with Gasteiger partial charge in [0.2, 0.25) is 5.95 Å². The van der Waals surface area contributed by atoms with Crippen molar-refractivity contribution < 1.29 is 5.11 Å². The zero-order valence-electron chi connectivity index (χ0n) is 13.1. The van der Waals surface area contributed by atoms with E-state index in [1.807, 2.05) is 31.2 Å². The predicted molar refractivity (Wildman–Crippen MR) is 95.6 cm³/mol. The molecule has 6 heteroatoms. The third-order valence-electron chi connectivity index (χ3n) is 3.81. The minimum absolute atomic E-state index is 0.0523. The first-order valence-electron chi connectivity index (χ1n) is 7.89. The Balaban J connectivity index is 1.76. The molecule has 0 aliphatic heterocycles. The molecule has 122 valence electrons. The van der Waals surface area contributed by atoms with E-state index >= 15 is 0 Å². The number of halogens is 1. The van der Waals surface area contributed by atoms with E-state index in [9.17, 15) is 5.11 Å². The molecule has 0 saturated heterocycles. The Labute approximate surface area is 144 Å². The number of aliphatic hydroxyl groups is 1. The molecule has 1 aromatic carbocycles. The van der Waals surface area contributed by atoms with Gasteiger partial charge in [0.1, 0.15) is 5.82 Å². The summed E-state index contributed by atoms with van der Waals surface area (Å²) in [6.07, 6.45) is 2.38. The fraction of sp³-hybridized carbons (Fsp3) is 0.412. The molecule has 0 spiro atoms. The number of aliphatic hydroxyl groups excluding tert-OH is 1. The Kier molecular flexibility index (Phi) is 5.13. The van der Waals surface area contributed by atoms with Gasteiger partial charge >= 0.3 is 0 Å². The van der Waals surface area contributed by atoms with Crippen LogP contribution in [0.15, 0.2) is 34.8 Å². The van der Waals surface area contributed by atoms with Crippen molar-refractivity contribution in [3.63, 3.8) is 0 Å². The van der Waals surface area contributed by atoms with Gasteiger partial charge in [0.25, 0.3) is 0 Å². The molecule has 3 N–H and O–H groups in total. The minimum atomic E-state index is -0.0689. The number of anilines is 2. The van der Waals surface area contributed by atoms with Crippen molar-refractivity contribution in [2.75, 3.05) is 17.2 Å². The molecule has 3 rings (SSSR count). The van der Waals surface area contributed by atoms with Crippen molar-refractivity contribution in [3.8, 4) is 0 Å². The van der Waals surface area contributed by atoms with Gasteiger partial charge in [0.15, 0.2) is 0 Å². The number of hydrogen-bond donors (Lipinski definition) is 3. The van der Waals surface area contributed by atoms with Crippen LogP contribution < -0.4 is 10.6 Å². The van der Waals surface area contributed by atoms with E-state index in [1.165, 1.54) is 18.4 Å². The van der Waals surface area contributed by atoms with Crippen molar-refractivity contribution in [1.82, 2.24) is 9.97 Å². The van der Waals surface area contributed by atoms with Crippen LogP contribution in [-0.4, -0.2) is 27.7 Å². The van der Waals surface area contributed by atoms with Gasteiger partial charge in [-0.25, -0.2) is 4.98 Å². The molecule has 23 heavy (non-hydrogen) atoms. The second kappa shape index (κ2) is 7.27. The smallest absolute Gasteiger partial charge is 0.225 e. The highest BCUT2D eigenvalue weighted by atomic mass is 79.9. The maximum absolute atomic E-state index is 9.20. The second-order valence-electron chi connectivity index (χ2n) is 5.95. The lowest BCUT2D eigenvalue weighted by Gasteiger charge is -2.14. The molecule has 0 radical (unpaired) electrons. The average Bonchev–Trinajstić information content (AvgIpc) is 3.39. The van der Waals surface area contributed by atoms with Crippen LogP contribution in [0, 0.1) is 0 Å². The maximum Gasteiger partial charge on any atom is 0.225 e. The lowest BCUT2D eigenvalue weighted by molar-refractivity contribution is 0.281. The SMILES string of the molecule is C[C@@H](CO)Nc1nc(NCc2ccccc2Br)cc(C2CC2)n1. The summed E-state index contributed by atoms with van der Waals surface area (Å²) in [4.78, 5) is 9.09. The molecule has 1 atom stereocenters. The summed E-state index contributed by atoms with van der Waals surface area (Å²) in [6, 6.07) is 10.1. The van der Waals surface area contributed by atoms with E-state index in [0.29, 0.717) is 18.4 Å². The third-order valence-corrected chi connectivity index (χ3v) is 4.58. The molecule has 0 bridgehead atoms. The number of aromatic nitrogens is 2. The van der Waals surface area contributed by atoms with Gasteiger partial charge in [0, 0.05) is 29.0 Å². The average molecular weight is 377 g/mol. The largest absolute Gasteiger partial charge is 0.394 e. The Bertz CT molecular complexity index is 675. The summed E-state index contributed by atoms with van der Waals surface area (Å²) < 4.78 is 1.08. The van der Waals surface area contributed by atoms with E-state index < -0.39 is 0 Å². The molecule has 1 aromatic heterocycles.